The van der Waals surface area contributed by atoms with Crippen LogP contribution in [-0.2, 0) is 0 Å². The second kappa shape index (κ2) is 3.95. The molecule has 0 radical (unpaired) electrons. The molecule has 0 aromatic heterocycles. The molecular weight excluding hydrogens is 162 g/mol. The van der Waals surface area contributed by atoms with E-state index >= 15 is 0 Å². The van der Waals surface area contributed by atoms with Gasteiger partial charge in [-0.25, -0.2) is 0 Å². The number of likely N-dealkylation sites (tertiary alicyclic amines) is 1. The zero-order chi connectivity index (χ0) is 10.1. The molecule has 0 saturated carbocycles. The van der Waals surface area contributed by atoms with Crippen molar-refractivity contribution in [2.24, 2.45) is 5.73 Å². The second-order valence-corrected chi connectivity index (χ2v) is 4.41. The number of rotatable bonds is 3. The first-order chi connectivity index (χ1) is 6.05. The summed E-state index contributed by atoms with van der Waals surface area (Å²) in [6.07, 6.45) is 1.20. The molecule has 0 spiro atoms. The molecule has 3 heteroatoms. The summed E-state index contributed by atoms with van der Waals surface area (Å²) >= 11 is 0. The van der Waals surface area contributed by atoms with Crippen LogP contribution in [-0.4, -0.2) is 55.1 Å². The summed E-state index contributed by atoms with van der Waals surface area (Å²) in [5.41, 5.74) is 6.13. The largest absolute Gasteiger partial charge is 0.329 e. The average Bonchev–Trinajstić information content (AvgIpc) is 2.42. The lowest BCUT2D eigenvalue weighted by atomic mass is 9.94. The van der Waals surface area contributed by atoms with Crippen LogP contribution in [0.15, 0.2) is 0 Å². The molecule has 1 aliphatic rings. The first-order valence-corrected chi connectivity index (χ1v) is 5.17. The third-order valence-corrected chi connectivity index (χ3v) is 3.64. The Bertz CT molecular complexity index is 160. The number of hydrogen-bond acceptors (Lipinski definition) is 3. The van der Waals surface area contributed by atoms with Gasteiger partial charge in [0.1, 0.15) is 0 Å². The van der Waals surface area contributed by atoms with Gasteiger partial charge in [-0.15, -0.1) is 0 Å². The minimum Gasteiger partial charge on any atom is -0.329 e. The van der Waals surface area contributed by atoms with Gasteiger partial charge in [0.25, 0.3) is 0 Å². The van der Waals surface area contributed by atoms with Gasteiger partial charge in [-0.1, -0.05) is 6.92 Å². The zero-order valence-electron chi connectivity index (χ0n) is 9.38. The first kappa shape index (κ1) is 11.0. The van der Waals surface area contributed by atoms with Crippen molar-refractivity contribution >= 4 is 0 Å². The van der Waals surface area contributed by atoms with Crippen molar-refractivity contribution in [1.29, 1.82) is 0 Å². The molecule has 2 N–H and O–H groups in total. The molecular formula is C10H23N3. The lowest BCUT2D eigenvalue weighted by Gasteiger charge is -2.37. The fraction of sp³-hybridized carbons (Fsp3) is 1.00. The topological polar surface area (TPSA) is 32.5 Å². The minimum absolute atomic E-state index is 0.225. The standard InChI is InChI=1S/C10H23N3/c1-5-13(4)10(7-11)6-9(2)12(3)8-10/h9H,5-8,11H2,1-4H3. The fourth-order valence-corrected chi connectivity index (χ4v) is 2.31. The maximum Gasteiger partial charge on any atom is 0.0470 e. The quantitative estimate of drug-likeness (QED) is 0.689. The molecule has 0 amide bonds. The highest BCUT2D eigenvalue weighted by Gasteiger charge is 2.41. The van der Waals surface area contributed by atoms with E-state index in [4.69, 9.17) is 5.73 Å². The van der Waals surface area contributed by atoms with E-state index in [1.165, 1.54) is 6.42 Å². The van der Waals surface area contributed by atoms with Crippen molar-refractivity contribution in [2.45, 2.75) is 31.8 Å². The van der Waals surface area contributed by atoms with Crippen LogP contribution >= 0.6 is 0 Å². The van der Waals surface area contributed by atoms with E-state index in [1.54, 1.807) is 0 Å². The van der Waals surface area contributed by atoms with Gasteiger partial charge in [0, 0.05) is 24.7 Å². The highest BCUT2D eigenvalue weighted by Crippen LogP contribution is 2.29. The van der Waals surface area contributed by atoms with E-state index in [9.17, 15) is 0 Å². The molecule has 2 unspecified atom stereocenters. The summed E-state index contributed by atoms with van der Waals surface area (Å²) in [7, 11) is 4.37. The molecule has 0 aliphatic carbocycles. The lowest BCUT2D eigenvalue weighted by molar-refractivity contribution is 0.141. The molecule has 1 aliphatic heterocycles. The van der Waals surface area contributed by atoms with Crippen LogP contribution in [0.1, 0.15) is 20.3 Å². The highest BCUT2D eigenvalue weighted by atomic mass is 15.3. The molecule has 1 saturated heterocycles. The van der Waals surface area contributed by atoms with Crippen LogP contribution in [0.3, 0.4) is 0 Å². The van der Waals surface area contributed by atoms with Gasteiger partial charge in [-0.05, 0) is 34.0 Å². The maximum absolute atomic E-state index is 5.90. The maximum atomic E-state index is 5.90. The molecule has 78 valence electrons. The van der Waals surface area contributed by atoms with Gasteiger partial charge in [-0.2, -0.15) is 0 Å². The number of hydrogen-bond donors (Lipinski definition) is 1. The molecule has 13 heavy (non-hydrogen) atoms. The summed E-state index contributed by atoms with van der Waals surface area (Å²) in [6, 6.07) is 0.664. The summed E-state index contributed by atoms with van der Waals surface area (Å²) in [6.45, 7) is 7.43. The van der Waals surface area contributed by atoms with Gasteiger partial charge >= 0.3 is 0 Å². The van der Waals surface area contributed by atoms with Crippen LogP contribution in [0.2, 0.25) is 0 Å². The molecule has 1 heterocycles. The van der Waals surface area contributed by atoms with Gasteiger partial charge in [0.15, 0.2) is 0 Å². The lowest BCUT2D eigenvalue weighted by Crippen LogP contribution is -2.53. The Hall–Kier alpha value is -0.120. The smallest absolute Gasteiger partial charge is 0.0470 e. The van der Waals surface area contributed by atoms with Crippen LogP contribution in [0.4, 0.5) is 0 Å². The highest BCUT2D eigenvalue weighted by molar-refractivity contribution is 5.01. The Kier molecular flexibility index (Phi) is 3.33. The second-order valence-electron chi connectivity index (χ2n) is 4.41. The third kappa shape index (κ3) is 1.87. The summed E-state index contributed by atoms with van der Waals surface area (Å²) in [4.78, 5) is 4.80. The molecule has 0 aromatic carbocycles. The monoisotopic (exact) mass is 185 g/mol. The minimum atomic E-state index is 0.225. The van der Waals surface area contributed by atoms with Crippen LogP contribution < -0.4 is 5.73 Å². The Morgan fingerprint density at radius 1 is 1.62 bits per heavy atom. The van der Waals surface area contributed by atoms with Crippen LogP contribution in [0.5, 0.6) is 0 Å². The fourth-order valence-electron chi connectivity index (χ4n) is 2.31. The van der Waals surface area contributed by atoms with Gasteiger partial charge in [-0.3, -0.25) is 4.90 Å². The van der Waals surface area contributed by atoms with E-state index in [2.05, 4.69) is 37.7 Å². The summed E-state index contributed by atoms with van der Waals surface area (Å²) in [5.74, 6) is 0. The van der Waals surface area contributed by atoms with Crippen molar-refractivity contribution in [3.8, 4) is 0 Å². The molecule has 2 atom stereocenters. The van der Waals surface area contributed by atoms with Crippen LogP contribution in [0.25, 0.3) is 0 Å². The summed E-state index contributed by atoms with van der Waals surface area (Å²) in [5, 5.41) is 0. The Balaban J connectivity index is 2.72. The normalized spacial score (nSPS) is 36.0. The average molecular weight is 185 g/mol. The predicted octanol–water partition coefficient (Wildman–Crippen LogP) is 0.360. The van der Waals surface area contributed by atoms with E-state index < -0.39 is 0 Å². The molecule has 0 aromatic rings. The third-order valence-electron chi connectivity index (χ3n) is 3.64. The van der Waals surface area contributed by atoms with E-state index in [0.29, 0.717) is 6.04 Å². The van der Waals surface area contributed by atoms with E-state index in [1.807, 2.05) is 0 Å². The molecule has 1 rings (SSSR count). The Morgan fingerprint density at radius 2 is 2.23 bits per heavy atom. The van der Waals surface area contributed by atoms with Gasteiger partial charge in [0.05, 0.1) is 0 Å². The van der Waals surface area contributed by atoms with Crippen molar-refractivity contribution in [3.63, 3.8) is 0 Å². The molecule has 0 bridgehead atoms. The Labute approximate surface area is 81.9 Å². The van der Waals surface area contributed by atoms with Crippen molar-refractivity contribution in [2.75, 3.05) is 33.7 Å². The Morgan fingerprint density at radius 3 is 2.54 bits per heavy atom. The van der Waals surface area contributed by atoms with Gasteiger partial charge < -0.3 is 10.6 Å². The molecule has 3 nitrogen and oxygen atoms in total. The number of nitrogens with zero attached hydrogens (tertiary/aromatic N) is 2. The summed E-state index contributed by atoms with van der Waals surface area (Å²) < 4.78 is 0. The van der Waals surface area contributed by atoms with Crippen molar-refractivity contribution in [1.82, 2.24) is 9.80 Å². The predicted molar refractivity (Wildman–Crippen MR) is 56.8 cm³/mol. The van der Waals surface area contributed by atoms with Gasteiger partial charge in [0.2, 0.25) is 0 Å². The van der Waals surface area contributed by atoms with Crippen molar-refractivity contribution < 1.29 is 0 Å². The van der Waals surface area contributed by atoms with Crippen molar-refractivity contribution in [3.05, 3.63) is 0 Å². The molecule has 1 fully saturated rings. The van der Waals surface area contributed by atoms with E-state index in [-0.39, 0.29) is 5.54 Å². The zero-order valence-corrected chi connectivity index (χ0v) is 9.38. The number of nitrogens with two attached hydrogens (primary N) is 1. The number of likely N-dealkylation sites (N-methyl/N-ethyl adjacent to an activating group) is 2. The van der Waals surface area contributed by atoms with Crippen LogP contribution in [0, 0.1) is 0 Å². The first-order valence-electron chi connectivity index (χ1n) is 5.17. The SMILES string of the molecule is CCN(C)C1(CN)CC(C)N(C)C1. The van der Waals surface area contributed by atoms with E-state index in [0.717, 1.165) is 19.6 Å².